The second kappa shape index (κ2) is 5.94. The minimum Gasteiger partial charge on any atom is -0.319 e. The molecule has 0 radical (unpaired) electrons. The maximum Gasteiger partial charge on any atom is 0.325 e. The zero-order chi connectivity index (χ0) is 18.3. The standard InChI is InChI=1S/C19H17N3O4/c23-17-19(11-3-5-14-4-1-2-6-16(14)19)20-18(24)21(17)12-13-7-9-15(10-8-13)22(25)26/h1-2,4,6-10H,3,5,11-12H2,(H,20,24). The van der Waals surface area contributed by atoms with E-state index in [9.17, 15) is 19.7 Å². The lowest BCUT2D eigenvalue weighted by Crippen LogP contribution is -2.46. The predicted molar refractivity (Wildman–Crippen MR) is 93.2 cm³/mol. The Bertz CT molecular complexity index is 909. The highest BCUT2D eigenvalue weighted by Gasteiger charge is 2.53. The summed E-state index contributed by atoms with van der Waals surface area (Å²) in [6, 6.07) is 13.2. The Hall–Kier alpha value is -3.22. The molecule has 0 bridgehead atoms. The maximum absolute atomic E-state index is 13.2. The zero-order valence-electron chi connectivity index (χ0n) is 14.0. The Kier molecular flexibility index (Phi) is 3.72. The summed E-state index contributed by atoms with van der Waals surface area (Å²) in [5.74, 6) is -0.256. The van der Waals surface area contributed by atoms with E-state index >= 15 is 0 Å². The maximum atomic E-state index is 13.2. The highest BCUT2D eigenvalue weighted by atomic mass is 16.6. The van der Waals surface area contributed by atoms with Crippen molar-refractivity contribution < 1.29 is 14.5 Å². The van der Waals surface area contributed by atoms with Crippen molar-refractivity contribution in [2.75, 3.05) is 0 Å². The van der Waals surface area contributed by atoms with E-state index in [2.05, 4.69) is 5.32 Å². The van der Waals surface area contributed by atoms with Gasteiger partial charge in [-0.1, -0.05) is 36.4 Å². The van der Waals surface area contributed by atoms with Gasteiger partial charge in [-0.15, -0.1) is 0 Å². The van der Waals surface area contributed by atoms with Crippen LogP contribution in [0.5, 0.6) is 0 Å². The number of nitro groups is 1. The van der Waals surface area contributed by atoms with Crippen LogP contribution in [0.15, 0.2) is 48.5 Å². The van der Waals surface area contributed by atoms with Crippen LogP contribution >= 0.6 is 0 Å². The average molecular weight is 351 g/mol. The van der Waals surface area contributed by atoms with Gasteiger partial charge < -0.3 is 5.32 Å². The van der Waals surface area contributed by atoms with Crippen LogP contribution in [-0.4, -0.2) is 21.8 Å². The van der Waals surface area contributed by atoms with Crippen LogP contribution in [0.25, 0.3) is 0 Å². The molecule has 4 rings (SSSR count). The Labute approximate surface area is 149 Å². The molecule has 2 aromatic rings. The zero-order valence-corrected chi connectivity index (χ0v) is 14.0. The minimum absolute atomic E-state index is 0.0244. The van der Waals surface area contributed by atoms with Crippen LogP contribution in [0.2, 0.25) is 0 Å². The third kappa shape index (κ3) is 2.44. The molecule has 2 aromatic carbocycles. The normalized spacial score (nSPS) is 21.6. The molecule has 2 aliphatic rings. The van der Waals surface area contributed by atoms with Crippen molar-refractivity contribution in [3.05, 3.63) is 75.3 Å². The van der Waals surface area contributed by atoms with Gasteiger partial charge in [-0.3, -0.25) is 19.8 Å². The van der Waals surface area contributed by atoms with E-state index in [1.807, 2.05) is 24.3 Å². The molecule has 1 aliphatic heterocycles. The van der Waals surface area contributed by atoms with Gasteiger partial charge in [0.15, 0.2) is 0 Å². The Morgan fingerprint density at radius 1 is 1.12 bits per heavy atom. The van der Waals surface area contributed by atoms with Crippen molar-refractivity contribution in [1.29, 1.82) is 0 Å². The number of rotatable bonds is 3. The van der Waals surface area contributed by atoms with Gasteiger partial charge in [0.25, 0.3) is 11.6 Å². The first-order valence-electron chi connectivity index (χ1n) is 8.47. The number of urea groups is 1. The molecule has 7 heteroatoms. The number of imide groups is 1. The van der Waals surface area contributed by atoms with Gasteiger partial charge in [-0.05, 0) is 36.0 Å². The van der Waals surface area contributed by atoms with E-state index in [0.717, 1.165) is 24.0 Å². The fourth-order valence-electron chi connectivity index (χ4n) is 3.86. The quantitative estimate of drug-likeness (QED) is 0.523. The van der Waals surface area contributed by atoms with E-state index in [1.54, 1.807) is 12.1 Å². The summed E-state index contributed by atoms with van der Waals surface area (Å²) in [7, 11) is 0. The molecule has 7 nitrogen and oxygen atoms in total. The molecular weight excluding hydrogens is 334 g/mol. The van der Waals surface area contributed by atoms with Crippen LogP contribution in [0.3, 0.4) is 0 Å². The van der Waals surface area contributed by atoms with Crippen molar-refractivity contribution in [2.45, 2.75) is 31.3 Å². The Balaban J connectivity index is 1.63. The topological polar surface area (TPSA) is 92.6 Å². The van der Waals surface area contributed by atoms with E-state index in [-0.39, 0.29) is 18.1 Å². The van der Waals surface area contributed by atoms with Crippen molar-refractivity contribution in [3.8, 4) is 0 Å². The monoisotopic (exact) mass is 351 g/mol. The van der Waals surface area contributed by atoms with Crippen LogP contribution in [0.4, 0.5) is 10.5 Å². The van der Waals surface area contributed by atoms with Gasteiger partial charge in [0.05, 0.1) is 11.5 Å². The number of hydrogen-bond donors (Lipinski definition) is 1. The molecule has 1 N–H and O–H groups in total. The lowest BCUT2D eigenvalue weighted by molar-refractivity contribution is -0.384. The first-order chi connectivity index (χ1) is 12.5. The Morgan fingerprint density at radius 2 is 1.85 bits per heavy atom. The summed E-state index contributed by atoms with van der Waals surface area (Å²) in [6.07, 6.45) is 2.29. The minimum atomic E-state index is -0.993. The number of fused-ring (bicyclic) bond motifs is 2. The number of nitrogens with zero attached hydrogens (tertiary/aromatic N) is 2. The lowest BCUT2D eigenvalue weighted by atomic mass is 9.76. The predicted octanol–water partition coefficient (Wildman–Crippen LogP) is 2.88. The molecule has 1 fully saturated rings. The van der Waals surface area contributed by atoms with Crippen LogP contribution in [-0.2, 0) is 23.3 Å². The summed E-state index contributed by atoms with van der Waals surface area (Å²) >= 11 is 0. The molecule has 1 heterocycles. The van der Waals surface area contributed by atoms with Gasteiger partial charge in [0, 0.05) is 12.1 Å². The summed E-state index contributed by atoms with van der Waals surface area (Å²) in [6.45, 7) is 0.0899. The Morgan fingerprint density at radius 3 is 2.58 bits per heavy atom. The van der Waals surface area contributed by atoms with Crippen molar-refractivity contribution in [2.24, 2.45) is 0 Å². The summed E-state index contributed by atoms with van der Waals surface area (Å²) in [5, 5.41) is 13.7. The van der Waals surface area contributed by atoms with Gasteiger partial charge in [0.2, 0.25) is 0 Å². The largest absolute Gasteiger partial charge is 0.325 e. The SMILES string of the molecule is O=C1NC2(CCCc3ccccc32)C(=O)N1Cc1ccc([N+](=O)[O-])cc1. The second-order valence-electron chi connectivity index (χ2n) is 6.66. The van der Waals surface area contributed by atoms with E-state index in [1.165, 1.54) is 17.0 Å². The molecular formula is C19H17N3O4. The third-order valence-corrected chi connectivity index (χ3v) is 5.14. The second-order valence-corrected chi connectivity index (χ2v) is 6.66. The number of carbonyl (C=O) groups excluding carboxylic acids is 2. The summed E-state index contributed by atoms with van der Waals surface area (Å²) in [4.78, 5) is 37.2. The third-order valence-electron chi connectivity index (χ3n) is 5.14. The first-order valence-corrected chi connectivity index (χ1v) is 8.47. The fourth-order valence-corrected chi connectivity index (χ4v) is 3.86. The lowest BCUT2D eigenvalue weighted by Gasteiger charge is -2.33. The molecule has 0 aromatic heterocycles. The molecule has 1 unspecified atom stereocenters. The number of carbonyl (C=O) groups is 2. The average Bonchev–Trinajstić information content (AvgIpc) is 2.87. The molecule has 132 valence electrons. The van der Waals surface area contributed by atoms with E-state index in [0.29, 0.717) is 12.0 Å². The van der Waals surface area contributed by atoms with Crippen molar-refractivity contribution >= 4 is 17.6 Å². The van der Waals surface area contributed by atoms with Crippen LogP contribution < -0.4 is 5.32 Å². The van der Waals surface area contributed by atoms with E-state index < -0.39 is 16.5 Å². The molecule has 1 saturated heterocycles. The smallest absolute Gasteiger partial charge is 0.319 e. The summed E-state index contributed by atoms with van der Waals surface area (Å²) < 4.78 is 0. The number of amides is 3. The number of nitro benzene ring substituents is 1. The number of hydrogen-bond acceptors (Lipinski definition) is 4. The molecule has 3 amide bonds. The molecule has 26 heavy (non-hydrogen) atoms. The van der Waals surface area contributed by atoms with Gasteiger partial charge in [-0.2, -0.15) is 0 Å². The summed E-state index contributed by atoms with van der Waals surface area (Å²) in [5.41, 5.74) is 1.61. The van der Waals surface area contributed by atoms with Crippen LogP contribution in [0, 0.1) is 10.1 Å². The first kappa shape index (κ1) is 16.3. The van der Waals surface area contributed by atoms with Gasteiger partial charge >= 0.3 is 6.03 Å². The number of aryl methyl sites for hydroxylation is 1. The number of nitrogens with one attached hydrogen (secondary N) is 1. The van der Waals surface area contributed by atoms with Crippen molar-refractivity contribution in [1.82, 2.24) is 10.2 Å². The van der Waals surface area contributed by atoms with E-state index in [4.69, 9.17) is 0 Å². The highest BCUT2D eigenvalue weighted by molar-refractivity contribution is 6.07. The van der Waals surface area contributed by atoms with Crippen LogP contribution in [0.1, 0.15) is 29.5 Å². The molecule has 1 aliphatic carbocycles. The molecule has 1 spiro atoms. The molecule has 0 saturated carbocycles. The number of non-ortho nitro benzene ring substituents is 1. The number of benzene rings is 2. The fraction of sp³-hybridized carbons (Fsp3) is 0.263. The molecule has 1 atom stereocenters. The van der Waals surface area contributed by atoms with Crippen molar-refractivity contribution in [3.63, 3.8) is 0 Å². The van der Waals surface area contributed by atoms with Gasteiger partial charge in [0.1, 0.15) is 5.54 Å². The highest BCUT2D eigenvalue weighted by Crippen LogP contribution is 2.40. The van der Waals surface area contributed by atoms with Gasteiger partial charge in [-0.25, -0.2) is 4.79 Å².